The summed E-state index contributed by atoms with van der Waals surface area (Å²) in [5.41, 5.74) is 1.23. The maximum atomic E-state index is 14.4. The highest BCUT2D eigenvalue weighted by atomic mass is 19.1. The van der Waals surface area contributed by atoms with Crippen molar-refractivity contribution in [3.8, 4) is 5.69 Å². The molecule has 3 aromatic heterocycles. The van der Waals surface area contributed by atoms with Crippen LogP contribution < -0.4 is 4.90 Å². The van der Waals surface area contributed by atoms with Gasteiger partial charge < -0.3 is 10.0 Å². The fourth-order valence-electron chi connectivity index (χ4n) is 4.07. The van der Waals surface area contributed by atoms with Crippen LogP contribution >= 0.6 is 0 Å². The molecule has 4 heterocycles. The molecule has 5 rings (SSSR count). The molecule has 0 unspecified atom stereocenters. The zero-order chi connectivity index (χ0) is 21.8. The highest BCUT2D eigenvalue weighted by Crippen LogP contribution is 2.37. The van der Waals surface area contributed by atoms with Crippen LogP contribution in [0.5, 0.6) is 0 Å². The Hall–Kier alpha value is -3.33. The second kappa shape index (κ2) is 7.12. The topological polar surface area (TPSA) is 71.5 Å². The smallest absolute Gasteiger partial charge is 0.183 e. The molecular weight excluding hydrogens is 402 g/mol. The first-order valence-corrected chi connectivity index (χ1v) is 10.1. The summed E-state index contributed by atoms with van der Waals surface area (Å²) < 4.78 is 31.5. The molecule has 4 aromatic rings. The molecule has 0 bridgehead atoms. The molecule has 160 valence electrons. The fraction of sp³-hybridized carbons (Fsp3) is 0.318. The summed E-state index contributed by atoms with van der Waals surface area (Å²) in [5, 5.41) is 18.9. The van der Waals surface area contributed by atoms with E-state index in [2.05, 4.69) is 10.2 Å². The van der Waals surface area contributed by atoms with Crippen LogP contribution in [0.15, 0.2) is 49.1 Å². The maximum Gasteiger partial charge on any atom is 0.183 e. The Morgan fingerprint density at radius 2 is 1.97 bits per heavy atom. The van der Waals surface area contributed by atoms with Gasteiger partial charge in [0, 0.05) is 30.1 Å². The summed E-state index contributed by atoms with van der Waals surface area (Å²) in [6, 6.07) is 5.11. The van der Waals surface area contributed by atoms with Crippen molar-refractivity contribution in [3.05, 3.63) is 71.8 Å². The average molecular weight is 424 g/mol. The molecule has 1 aliphatic heterocycles. The average Bonchev–Trinajstić information content (AvgIpc) is 3.47. The lowest BCUT2D eigenvalue weighted by molar-refractivity contribution is 0.0786. The van der Waals surface area contributed by atoms with Gasteiger partial charge in [-0.05, 0) is 51.0 Å². The Bertz CT molecular complexity index is 1260. The van der Waals surface area contributed by atoms with Crippen molar-refractivity contribution in [2.75, 3.05) is 11.4 Å². The molecule has 1 saturated heterocycles. The molecule has 1 atom stereocenters. The minimum absolute atomic E-state index is 0.288. The van der Waals surface area contributed by atoms with E-state index < -0.39 is 17.2 Å². The van der Waals surface area contributed by atoms with Gasteiger partial charge in [0.15, 0.2) is 5.65 Å². The Morgan fingerprint density at radius 3 is 2.74 bits per heavy atom. The van der Waals surface area contributed by atoms with Gasteiger partial charge in [-0.2, -0.15) is 10.2 Å². The first kappa shape index (κ1) is 19.6. The minimum atomic E-state index is -1.02. The van der Waals surface area contributed by atoms with E-state index in [1.807, 2.05) is 11.0 Å². The molecule has 7 nitrogen and oxygen atoms in total. The second-order valence-electron chi connectivity index (χ2n) is 8.33. The van der Waals surface area contributed by atoms with E-state index in [9.17, 15) is 13.9 Å². The van der Waals surface area contributed by atoms with Crippen molar-refractivity contribution < 1.29 is 13.9 Å². The highest BCUT2D eigenvalue weighted by Gasteiger charge is 2.30. The lowest BCUT2D eigenvalue weighted by atomic mass is 10.0. The Kier molecular flexibility index (Phi) is 4.51. The normalized spacial score (nSPS) is 17.1. The van der Waals surface area contributed by atoms with Crippen LogP contribution in [0.25, 0.3) is 11.3 Å². The van der Waals surface area contributed by atoms with Crippen molar-refractivity contribution >= 4 is 11.5 Å². The van der Waals surface area contributed by atoms with Gasteiger partial charge in [-0.3, -0.25) is 0 Å². The monoisotopic (exact) mass is 424 g/mol. The van der Waals surface area contributed by atoms with Gasteiger partial charge >= 0.3 is 0 Å². The number of aromatic nitrogens is 5. The fourth-order valence-corrected chi connectivity index (χ4v) is 4.07. The van der Waals surface area contributed by atoms with E-state index in [0.29, 0.717) is 41.2 Å². The third kappa shape index (κ3) is 3.44. The number of halogens is 2. The number of hydrogen-bond acceptors (Lipinski definition) is 5. The third-order valence-corrected chi connectivity index (χ3v) is 5.74. The first-order chi connectivity index (χ1) is 14.8. The summed E-state index contributed by atoms with van der Waals surface area (Å²) >= 11 is 0. The predicted octanol–water partition coefficient (Wildman–Crippen LogP) is 3.76. The van der Waals surface area contributed by atoms with Gasteiger partial charge in [0.25, 0.3) is 0 Å². The van der Waals surface area contributed by atoms with Crippen molar-refractivity contribution in [3.63, 3.8) is 0 Å². The minimum Gasteiger partial charge on any atom is -0.386 e. The molecule has 0 aliphatic carbocycles. The van der Waals surface area contributed by atoms with E-state index in [1.54, 1.807) is 47.8 Å². The quantitative estimate of drug-likeness (QED) is 0.540. The standard InChI is InChI=1S/C22H22F2N6O/c1-22(2,31)14-11-25-30(13-14)19-12-26-29-9-7-20(27-21(19)29)28-8-3-4-18(28)16-10-15(23)5-6-17(16)24/h5-7,9-13,18,31H,3-4,8H2,1-2H3/t18-/m0/s1. The second-order valence-corrected chi connectivity index (χ2v) is 8.33. The number of fused-ring (bicyclic) bond motifs is 1. The van der Waals surface area contributed by atoms with Gasteiger partial charge in [-0.15, -0.1) is 0 Å². The van der Waals surface area contributed by atoms with E-state index >= 15 is 0 Å². The van der Waals surface area contributed by atoms with Crippen molar-refractivity contribution in [2.24, 2.45) is 0 Å². The lowest BCUT2D eigenvalue weighted by Crippen LogP contribution is -2.24. The van der Waals surface area contributed by atoms with Gasteiger partial charge in [-0.25, -0.2) is 23.0 Å². The summed E-state index contributed by atoms with van der Waals surface area (Å²) in [6.07, 6.45) is 8.36. The Morgan fingerprint density at radius 1 is 1.13 bits per heavy atom. The van der Waals surface area contributed by atoms with Crippen molar-refractivity contribution in [1.29, 1.82) is 0 Å². The van der Waals surface area contributed by atoms with Gasteiger partial charge in [0.1, 0.15) is 23.1 Å². The molecule has 0 saturated carbocycles. The Labute approximate surface area is 177 Å². The molecule has 0 radical (unpaired) electrons. The summed E-state index contributed by atoms with van der Waals surface area (Å²) in [7, 11) is 0. The largest absolute Gasteiger partial charge is 0.386 e. The van der Waals surface area contributed by atoms with Crippen LogP contribution in [-0.4, -0.2) is 36.0 Å². The van der Waals surface area contributed by atoms with E-state index in [4.69, 9.17) is 4.98 Å². The number of benzene rings is 1. The maximum absolute atomic E-state index is 14.4. The van der Waals surface area contributed by atoms with Gasteiger partial charge in [0.2, 0.25) is 0 Å². The van der Waals surface area contributed by atoms with Crippen LogP contribution in [0.3, 0.4) is 0 Å². The van der Waals surface area contributed by atoms with Gasteiger partial charge in [0.05, 0.1) is 24.0 Å². The Balaban J connectivity index is 1.55. The first-order valence-electron chi connectivity index (χ1n) is 10.1. The van der Waals surface area contributed by atoms with Crippen LogP contribution in [0.1, 0.15) is 43.9 Å². The van der Waals surface area contributed by atoms with Gasteiger partial charge in [-0.1, -0.05) is 0 Å². The van der Waals surface area contributed by atoms with Crippen LogP contribution in [0.4, 0.5) is 14.6 Å². The van der Waals surface area contributed by atoms with Crippen molar-refractivity contribution in [2.45, 2.75) is 38.3 Å². The highest BCUT2D eigenvalue weighted by molar-refractivity contribution is 5.61. The van der Waals surface area contributed by atoms with E-state index in [-0.39, 0.29) is 6.04 Å². The number of rotatable bonds is 4. The van der Waals surface area contributed by atoms with Crippen LogP contribution in [0, 0.1) is 11.6 Å². The third-order valence-electron chi connectivity index (χ3n) is 5.74. The number of hydrogen-bond donors (Lipinski definition) is 1. The molecule has 31 heavy (non-hydrogen) atoms. The molecule has 9 heteroatoms. The molecule has 0 spiro atoms. The van der Waals surface area contributed by atoms with Crippen molar-refractivity contribution in [1.82, 2.24) is 24.4 Å². The molecule has 1 fully saturated rings. The number of anilines is 1. The summed E-state index contributed by atoms with van der Waals surface area (Å²) in [6.45, 7) is 4.08. The molecular formula is C22H22F2N6O. The zero-order valence-corrected chi connectivity index (χ0v) is 17.2. The van der Waals surface area contributed by atoms with Crippen LogP contribution in [-0.2, 0) is 5.60 Å². The molecule has 0 amide bonds. The summed E-state index contributed by atoms with van der Waals surface area (Å²) in [5.74, 6) is -0.207. The number of nitrogens with zero attached hydrogens (tertiary/aromatic N) is 6. The summed E-state index contributed by atoms with van der Waals surface area (Å²) in [4.78, 5) is 6.78. The predicted molar refractivity (Wildman–Crippen MR) is 111 cm³/mol. The van der Waals surface area contributed by atoms with E-state index in [0.717, 1.165) is 12.5 Å². The molecule has 1 aromatic carbocycles. The lowest BCUT2D eigenvalue weighted by Gasteiger charge is -2.26. The zero-order valence-electron chi connectivity index (χ0n) is 17.2. The number of aliphatic hydroxyl groups is 1. The molecule has 1 aliphatic rings. The SMILES string of the molecule is CC(C)(O)c1cnn(-c2cnn3ccc(N4CCC[C@H]4c4cc(F)ccc4F)nc23)c1. The molecule has 1 N–H and O–H groups in total. The van der Waals surface area contributed by atoms with E-state index in [1.165, 1.54) is 12.1 Å². The van der Waals surface area contributed by atoms with Crippen LogP contribution in [0.2, 0.25) is 0 Å².